The summed E-state index contributed by atoms with van der Waals surface area (Å²) >= 11 is 0. The molecule has 9 rings (SSSR count). The van der Waals surface area contributed by atoms with E-state index in [0.717, 1.165) is 0 Å². The van der Waals surface area contributed by atoms with Gasteiger partial charge in [0.2, 0.25) is 0 Å². The van der Waals surface area contributed by atoms with Gasteiger partial charge in [-0.15, -0.1) is 0 Å². The first-order chi connectivity index (χ1) is 32.5. The van der Waals surface area contributed by atoms with Crippen molar-refractivity contribution < 1.29 is 30.2 Å². The van der Waals surface area contributed by atoms with Crippen molar-refractivity contribution in [2.24, 2.45) is 0 Å². The second-order valence-electron chi connectivity index (χ2n) is 10.3. The van der Waals surface area contributed by atoms with Crippen molar-refractivity contribution in [3.8, 4) is 50.5 Å². The highest BCUT2D eigenvalue weighted by Crippen LogP contribution is 2.45. The van der Waals surface area contributed by atoms with E-state index in [-0.39, 0.29) is 28.2 Å². The van der Waals surface area contributed by atoms with Gasteiger partial charge in [-0.25, -0.2) is 4.98 Å². The van der Waals surface area contributed by atoms with E-state index in [1.807, 2.05) is 0 Å². The smallest absolute Gasteiger partial charge is 0.145 e. The molecule has 0 saturated heterocycles. The lowest BCUT2D eigenvalue weighted by atomic mass is 9.85. The second kappa shape index (κ2) is 11.3. The minimum atomic E-state index is -0.877. The SMILES string of the molecule is [2H]c1c([2H])c([2H])c(-c2c3c([2H])c([2H])c([2H])c([2H])c3c(-c3c([2H])c([2H])c([2H])c([2H])c3[2H])c3c([2H])c(-c4cccc(-n5c(-c6c([2H])c([2H])c([2H])c([2H])c6[2H])nc6ccccc65)c4)c([2H])c([2H])c23)c([2H])c1[2H]. The molecule has 9 aromatic rings. The molecule has 1 heterocycles. The third kappa shape index (κ3) is 4.62. The van der Waals surface area contributed by atoms with E-state index in [1.165, 1.54) is 22.8 Å². The Kier molecular flexibility index (Phi) is 3.09. The maximum absolute atomic E-state index is 10.1. The van der Waals surface area contributed by atoms with Crippen molar-refractivity contribution in [2.45, 2.75) is 0 Å². The lowest BCUT2D eigenvalue weighted by Crippen LogP contribution is -1.98. The van der Waals surface area contributed by atoms with Crippen molar-refractivity contribution in [1.82, 2.24) is 9.55 Å². The highest BCUT2D eigenvalue weighted by atomic mass is 15.1. The average Bonchev–Trinajstić information content (AvgIpc) is 3.72. The summed E-state index contributed by atoms with van der Waals surface area (Å²) in [6, 6.07) is -4.62. The van der Waals surface area contributed by atoms with Crippen LogP contribution in [0.4, 0.5) is 0 Å². The van der Waals surface area contributed by atoms with E-state index in [0.29, 0.717) is 11.0 Å². The quantitative estimate of drug-likeness (QED) is 0.175. The number of benzene rings is 8. The third-order valence-electron chi connectivity index (χ3n) is 7.68. The number of fused-ring (bicyclic) bond motifs is 3. The van der Waals surface area contributed by atoms with E-state index >= 15 is 0 Å². The van der Waals surface area contributed by atoms with Crippen LogP contribution in [-0.4, -0.2) is 9.55 Å². The molecule has 0 fully saturated rings. The molecular formula is C45H30N2. The van der Waals surface area contributed by atoms with Crippen LogP contribution in [0.1, 0.15) is 30.2 Å². The molecule has 0 radical (unpaired) electrons. The second-order valence-corrected chi connectivity index (χ2v) is 10.3. The van der Waals surface area contributed by atoms with E-state index < -0.39 is 177 Å². The molecule has 0 aliphatic carbocycles. The van der Waals surface area contributed by atoms with Crippen LogP contribution in [0.25, 0.3) is 83.0 Å². The number of imidazole rings is 1. The molecule has 0 bridgehead atoms. The molecule has 8 aromatic carbocycles. The highest BCUT2D eigenvalue weighted by molar-refractivity contribution is 6.22. The van der Waals surface area contributed by atoms with Gasteiger partial charge in [0.05, 0.1) is 41.2 Å². The number of hydrogen-bond donors (Lipinski definition) is 0. The minimum Gasteiger partial charge on any atom is -0.292 e. The van der Waals surface area contributed by atoms with Gasteiger partial charge in [-0.3, -0.25) is 4.57 Å². The molecule has 0 aliphatic rings. The molecule has 0 saturated carbocycles. The summed E-state index contributed by atoms with van der Waals surface area (Å²) < 4.78 is 197. The fourth-order valence-corrected chi connectivity index (χ4v) is 5.73. The molecule has 0 unspecified atom stereocenters. The summed E-state index contributed by atoms with van der Waals surface area (Å²) in [6.45, 7) is 0. The van der Waals surface area contributed by atoms with Crippen LogP contribution in [0.2, 0.25) is 0 Å². The number of nitrogens with zero attached hydrogens (tertiary/aromatic N) is 2. The summed E-state index contributed by atoms with van der Waals surface area (Å²) in [5.41, 5.74) is -2.05. The van der Waals surface area contributed by atoms with E-state index in [4.69, 9.17) is 23.3 Å². The first-order valence-corrected chi connectivity index (χ1v) is 14.3. The maximum atomic E-state index is 10.1. The first kappa shape index (κ1) is 12.9. The topological polar surface area (TPSA) is 17.8 Å². The zero-order valence-electron chi connectivity index (χ0n) is 46.0. The number of aromatic nitrogens is 2. The maximum Gasteiger partial charge on any atom is 0.145 e. The molecule has 2 heteroatoms. The van der Waals surface area contributed by atoms with Gasteiger partial charge >= 0.3 is 0 Å². The molecular weight excluding hydrogens is 569 g/mol. The van der Waals surface area contributed by atoms with E-state index in [2.05, 4.69) is 4.98 Å². The monoisotopic (exact) mass is 620 g/mol. The Hall–Kier alpha value is -6.25. The van der Waals surface area contributed by atoms with Crippen molar-refractivity contribution in [1.29, 1.82) is 0 Å². The molecule has 2 nitrogen and oxygen atoms in total. The average molecular weight is 621 g/mol. The van der Waals surface area contributed by atoms with Crippen molar-refractivity contribution in [3.63, 3.8) is 0 Å². The third-order valence-corrected chi connectivity index (χ3v) is 7.68. The predicted molar refractivity (Wildman–Crippen MR) is 198 cm³/mol. The molecule has 0 aliphatic heterocycles. The number of para-hydroxylation sites is 2. The summed E-state index contributed by atoms with van der Waals surface area (Å²) in [7, 11) is 0. The first-order valence-electron chi connectivity index (χ1n) is 25.3. The Bertz CT molecular complexity index is 3740. The molecule has 0 spiro atoms. The molecule has 220 valence electrons. The number of rotatable bonds is 5. The van der Waals surface area contributed by atoms with Crippen LogP contribution in [0.3, 0.4) is 0 Å². The van der Waals surface area contributed by atoms with Crippen LogP contribution < -0.4 is 0 Å². The fraction of sp³-hybridized carbons (Fsp3) is 0. The minimum absolute atomic E-state index is 0.0223. The summed E-state index contributed by atoms with van der Waals surface area (Å²) in [5, 5.41) is -2.25. The largest absolute Gasteiger partial charge is 0.292 e. The summed E-state index contributed by atoms with van der Waals surface area (Å²) in [6.07, 6.45) is 0. The van der Waals surface area contributed by atoms with Gasteiger partial charge in [0, 0.05) is 11.3 Å². The van der Waals surface area contributed by atoms with Crippen LogP contribution in [0.15, 0.2) is 181 Å². The van der Waals surface area contributed by atoms with Crippen LogP contribution in [-0.2, 0) is 0 Å². The summed E-state index contributed by atoms with van der Waals surface area (Å²) in [4.78, 5) is 4.68. The lowest BCUT2D eigenvalue weighted by Gasteiger charge is -2.19. The zero-order valence-corrected chi connectivity index (χ0v) is 24.0. The van der Waals surface area contributed by atoms with Gasteiger partial charge in [-0.05, 0) is 85.2 Å². The lowest BCUT2D eigenvalue weighted by molar-refractivity contribution is 1.10. The molecule has 47 heavy (non-hydrogen) atoms. The van der Waals surface area contributed by atoms with Crippen molar-refractivity contribution in [3.05, 3.63) is 181 Å². The van der Waals surface area contributed by atoms with E-state index in [1.54, 1.807) is 30.3 Å². The zero-order chi connectivity index (χ0) is 50.3. The fourth-order valence-electron chi connectivity index (χ4n) is 5.73. The van der Waals surface area contributed by atoms with Gasteiger partial charge in [-0.2, -0.15) is 0 Å². The van der Waals surface area contributed by atoms with Crippen LogP contribution >= 0.6 is 0 Å². The Labute approximate surface area is 304 Å². The molecule has 1 aromatic heterocycles. The van der Waals surface area contributed by atoms with Crippen LogP contribution in [0, 0.1) is 0 Å². The van der Waals surface area contributed by atoms with E-state index in [9.17, 15) is 6.85 Å². The normalized spacial score (nSPS) is 18.0. The van der Waals surface area contributed by atoms with Gasteiger partial charge in [0.15, 0.2) is 0 Å². The molecule has 0 N–H and O–H groups in total. The van der Waals surface area contributed by atoms with Gasteiger partial charge in [-0.1, -0.05) is 151 Å². The van der Waals surface area contributed by atoms with Crippen molar-refractivity contribution in [2.75, 3.05) is 0 Å². The van der Waals surface area contributed by atoms with Crippen LogP contribution in [0.5, 0.6) is 0 Å². The predicted octanol–water partition coefficient (Wildman–Crippen LogP) is 12.0. The Morgan fingerprint density at radius 1 is 0.447 bits per heavy atom. The highest BCUT2D eigenvalue weighted by Gasteiger charge is 2.18. The van der Waals surface area contributed by atoms with Gasteiger partial charge in [0.1, 0.15) is 5.82 Å². The van der Waals surface area contributed by atoms with Crippen molar-refractivity contribution >= 4 is 32.6 Å². The number of hydrogen-bond acceptors (Lipinski definition) is 1. The molecule has 0 atom stereocenters. The molecule has 0 amide bonds. The Balaban J connectivity index is 1.51. The van der Waals surface area contributed by atoms with Gasteiger partial charge < -0.3 is 0 Å². The Morgan fingerprint density at radius 3 is 1.70 bits per heavy atom. The standard InChI is InChI=1S/C45H30N2/c1-4-15-31(16-5-1)43-37-23-10-11-24-38(37)44(32-17-6-2-7-18-32)40-30-35(27-28-39(40)43)34-21-14-22-36(29-34)47-42-26-13-12-25-41(42)46-45(47)33-19-8-3-9-20-33/h1-30H/i1D,2D,3D,4D,5D,6D,7D,8D,9D,10D,11D,15D,16D,17D,18D,19D,20D,23D,24D,27D,28D,30D. The Morgan fingerprint density at radius 2 is 1.02 bits per heavy atom. The summed E-state index contributed by atoms with van der Waals surface area (Å²) in [5.74, 6) is -0.0745. The van der Waals surface area contributed by atoms with Gasteiger partial charge in [0.25, 0.3) is 0 Å².